The summed E-state index contributed by atoms with van der Waals surface area (Å²) in [5, 5.41) is 3.79. The van der Waals surface area contributed by atoms with Crippen LogP contribution >= 0.6 is 15.9 Å². The molecular weight excluding hydrogens is 283 g/mol. The minimum Gasteiger partial charge on any atom is -0.384 e. The number of aryl methyl sites for hydroxylation is 1. The van der Waals surface area contributed by atoms with Crippen molar-refractivity contribution in [3.8, 4) is 0 Å². The molecule has 0 fully saturated rings. The molecule has 2 nitrogen and oxygen atoms in total. The Morgan fingerprint density at radius 2 is 2.06 bits per heavy atom. The maximum Gasteiger partial charge on any atom is 0.134 e. The maximum absolute atomic E-state index is 14.0. The van der Waals surface area contributed by atoms with Gasteiger partial charge in [-0.05, 0) is 54.4 Å². The van der Waals surface area contributed by atoms with E-state index >= 15 is 0 Å². The van der Waals surface area contributed by atoms with Crippen LogP contribution in [0, 0.1) is 19.7 Å². The third-order valence-corrected chi connectivity index (χ3v) is 3.52. The molecule has 0 saturated carbocycles. The number of benzene rings is 1. The summed E-state index contributed by atoms with van der Waals surface area (Å²) in [6, 6.07) is 3.15. The fourth-order valence-corrected chi connectivity index (χ4v) is 2.33. The van der Waals surface area contributed by atoms with Gasteiger partial charge in [-0.2, -0.15) is 0 Å². The van der Waals surface area contributed by atoms with Gasteiger partial charge in [-0.15, -0.1) is 0 Å². The molecule has 0 spiro atoms. The van der Waals surface area contributed by atoms with E-state index in [1.807, 2.05) is 20.8 Å². The van der Waals surface area contributed by atoms with E-state index in [0.717, 1.165) is 28.0 Å². The second-order valence-electron chi connectivity index (χ2n) is 3.98. The molecule has 0 radical (unpaired) electrons. The number of nitrogens with one attached hydrogen (secondary N) is 1. The number of hydrogen-bond acceptors (Lipinski definition) is 2. The first-order valence-electron chi connectivity index (χ1n) is 5.55. The van der Waals surface area contributed by atoms with E-state index in [9.17, 15) is 4.39 Å². The van der Waals surface area contributed by atoms with E-state index in [1.54, 1.807) is 6.07 Å². The predicted molar refractivity (Wildman–Crippen MR) is 73.0 cm³/mol. The Bertz CT molecular complexity index is 581. The Morgan fingerprint density at radius 3 is 2.71 bits per heavy atom. The zero-order valence-corrected chi connectivity index (χ0v) is 11.7. The molecule has 1 aromatic carbocycles. The molecule has 17 heavy (non-hydrogen) atoms. The summed E-state index contributed by atoms with van der Waals surface area (Å²) in [4.78, 5) is 4.45. The summed E-state index contributed by atoms with van der Waals surface area (Å²) in [5.74, 6) is -0.241. The molecule has 90 valence electrons. The number of halogens is 2. The quantitative estimate of drug-likeness (QED) is 0.899. The number of anilines is 1. The van der Waals surface area contributed by atoms with Gasteiger partial charge in [-0.3, -0.25) is 4.98 Å². The fraction of sp³-hybridized carbons (Fsp3) is 0.308. The van der Waals surface area contributed by atoms with Gasteiger partial charge in [0.1, 0.15) is 5.82 Å². The molecule has 0 unspecified atom stereocenters. The van der Waals surface area contributed by atoms with Gasteiger partial charge in [0.25, 0.3) is 0 Å². The average molecular weight is 297 g/mol. The molecule has 0 aliphatic rings. The van der Waals surface area contributed by atoms with E-state index in [2.05, 4.69) is 26.2 Å². The number of rotatable bonds is 2. The van der Waals surface area contributed by atoms with E-state index in [4.69, 9.17) is 0 Å². The second-order valence-corrected chi connectivity index (χ2v) is 4.83. The first kappa shape index (κ1) is 12.3. The van der Waals surface area contributed by atoms with Crippen LogP contribution in [0.25, 0.3) is 10.9 Å². The van der Waals surface area contributed by atoms with Crippen molar-refractivity contribution in [2.45, 2.75) is 20.8 Å². The van der Waals surface area contributed by atoms with Crippen LogP contribution in [0.15, 0.2) is 16.6 Å². The molecule has 2 aromatic rings. The molecule has 0 amide bonds. The van der Waals surface area contributed by atoms with Gasteiger partial charge in [-0.25, -0.2) is 4.39 Å². The summed E-state index contributed by atoms with van der Waals surface area (Å²) < 4.78 is 14.8. The third-order valence-electron chi connectivity index (χ3n) is 2.88. The summed E-state index contributed by atoms with van der Waals surface area (Å²) >= 11 is 3.42. The molecule has 0 bridgehead atoms. The van der Waals surface area contributed by atoms with Crippen molar-refractivity contribution in [1.82, 2.24) is 4.98 Å². The minimum absolute atomic E-state index is 0.241. The van der Waals surface area contributed by atoms with Crippen molar-refractivity contribution in [3.63, 3.8) is 0 Å². The lowest BCUT2D eigenvalue weighted by Gasteiger charge is -2.14. The lowest BCUT2D eigenvalue weighted by atomic mass is 10.1. The highest BCUT2D eigenvalue weighted by Gasteiger charge is 2.14. The number of pyridine rings is 1. The fourth-order valence-electron chi connectivity index (χ4n) is 1.91. The van der Waals surface area contributed by atoms with Crippen LogP contribution in [0.4, 0.5) is 10.1 Å². The maximum atomic E-state index is 14.0. The highest BCUT2D eigenvalue weighted by molar-refractivity contribution is 9.10. The number of nitrogens with zero attached hydrogens (tertiary/aromatic N) is 1. The molecule has 2 rings (SSSR count). The molecule has 1 N–H and O–H groups in total. The Morgan fingerprint density at radius 1 is 1.35 bits per heavy atom. The zero-order valence-electron chi connectivity index (χ0n) is 10.1. The first-order valence-corrected chi connectivity index (χ1v) is 6.34. The molecule has 1 heterocycles. The van der Waals surface area contributed by atoms with Gasteiger partial charge in [0.15, 0.2) is 0 Å². The van der Waals surface area contributed by atoms with Gasteiger partial charge in [0.05, 0.1) is 16.6 Å². The lowest BCUT2D eigenvalue weighted by molar-refractivity contribution is 0.639. The minimum atomic E-state index is -0.241. The molecule has 0 aliphatic heterocycles. The van der Waals surface area contributed by atoms with Gasteiger partial charge in [-0.1, -0.05) is 0 Å². The predicted octanol–water partition coefficient (Wildman–Crippen LogP) is 4.19. The van der Waals surface area contributed by atoms with Gasteiger partial charge >= 0.3 is 0 Å². The van der Waals surface area contributed by atoms with Crippen molar-refractivity contribution in [3.05, 3.63) is 33.7 Å². The summed E-state index contributed by atoms with van der Waals surface area (Å²) in [6.45, 7) is 6.65. The molecule has 4 heteroatoms. The van der Waals surface area contributed by atoms with E-state index in [0.29, 0.717) is 10.9 Å². The van der Waals surface area contributed by atoms with Crippen molar-refractivity contribution in [2.75, 3.05) is 11.9 Å². The van der Waals surface area contributed by atoms with Crippen LogP contribution in [-0.2, 0) is 0 Å². The number of hydrogen-bond donors (Lipinski definition) is 1. The Kier molecular flexibility index (Phi) is 3.33. The topological polar surface area (TPSA) is 24.9 Å². The second kappa shape index (κ2) is 4.61. The van der Waals surface area contributed by atoms with Crippen LogP contribution in [-0.4, -0.2) is 11.5 Å². The van der Waals surface area contributed by atoms with Crippen molar-refractivity contribution in [1.29, 1.82) is 0 Å². The summed E-state index contributed by atoms with van der Waals surface area (Å²) in [5.41, 5.74) is 3.42. The Hall–Kier alpha value is -1.16. The van der Waals surface area contributed by atoms with E-state index in [-0.39, 0.29) is 5.82 Å². The SMILES string of the molecule is CCNc1c(C)c(C)nc2c(Br)ccc(F)c12. The van der Waals surface area contributed by atoms with Crippen LogP contribution in [0.3, 0.4) is 0 Å². The first-order chi connectivity index (χ1) is 8.06. The van der Waals surface area contributed by atoms with Gasteiger partial charge in [0, 0.05) is 16.7 Å². The standard InChI is InChI=1S/C13H14BrFN2/c1-4-16-12-7(2)8(3)17-13-9(14)5-6-10(15)11(12)13/h5-6H,4H2,1-3H3,(H,16,17). The number of aromatic nitrogens is 1. The molecule has 0 aliphatic carbocycles. The van der Waals surface area contributed by atoms with E-state index in [1.165, 1.54) is 6.07 Å². The average Bonchev–Trinajstić information content (AvgIpc) is 2.30. The molecule has 1 aromatic heterocycles. The van der Waals surface area contributed by atoms with Gasteiger partial charge < -0.3 is 5.32 Å². The van der Waals surface area contributed by atoms with Crippen LogP contribution in [0.5, 0.6) is 0 Å². The Labute approximate surface area is 108 Å². The van der Waals surface area contributed by atoms with Crippen molar-refractivity contribution >= 4 is 32.5 Å². The summed E-state index contributed by atoms with van der Waals surface area (Å²) in [6.07, 6.45) is 0. The summed E-state index contributed by atoms with van der Waals surface area (Å²) in [7, 11) is 0. The highest BCUT2D eigenvalue weighted by atomic mass is 79.9. The number of fused-ring (bicyclic) bond motifs is 1. The largest absolute Gasteiger partial charge is 0.384 e. The Balaban J connectivity index is 2.92. The van der Waals surface area contributed by atoms with Crippen molar-refractivity contribution < 1.29 is 4.39 Å². The monoisotopic (exact) mass is 296 g/mol. The highest BCUT2D eigenvalue weighted by Crippen LogP contribution is 2.33. The zero-order chi connectivity index (χ0) is 12.6. The third kappa shape index (κ3) is 2.02. The lowest BCUT2D eigenvalue weighted by Crippen LogP contribution is -2.04. The molecule has 0 atom stereocenters. The van der Waals surface area contributed by atoms with Crippen LogP contribution in [0.1, 0.15) is 18.2 Å². The van der Waals surface area contributed by atoms with Crippen LogP contribution < -0.4 is 5.32 Å². The van der Waals surface area contributed by atoms with Crippen LogP contribution in [0.2, 0.25) is 0 Å². The smallest absolute Gasteiger partial charge is 0.134 e. The molecule has 0 saturated heterocycles. The normalized spacial score (nSPS) is 10.9. The van der Waals surface area contributed by atoms with Crippen molar-refractivity contribution in [2.24, 2.45) is 0 Å². The van der Waals surface area contributed by atoms with Gasteiger partial charge in [0.2, 0.25) is 0 Å². The van der Waals surface area contributed by atoms with E-state index < -0.39 is 0 Å². The molecular formula is C13H14BrFN2.